The van der Waals surface area contributed by atoms with Gasteiger partial charge >= 0.3 is 0 Å². The van der Waals surface area contributed by atoms with E-state index in [0.717, 1.165) is 51.7 Å². The van der Waals surface area contributed by atoms with Crippen LogP contribution in [-0.4, -0.2) is 48.9 Å². The molecule has 2 rings (SSSR count). The molecule has 1 unspecified atom stereocenters. The van der Waals surface area contributed by atoms with Gasteiger partial charge in [0.05, 0.1) is 12.6 Å². The van der Waals surface area contributed by atoms with Gasteiger partial charge in [-0.1, -0.05) is 12.8 Å². The second-order valence-corrected chi connectivity index (χ2v) is 5.52. The van der Waals surface area contributed by atoms with Crippen molar-refractivity contribution < 1.29 is 9.59 Å². The fraction of sp³-hybridized carbons (Fsp3) is 0.857. The highest BCUT2D eigenvalue weighted by Crippen LogP contribution is 2.09. The lowest BCUT2D eigenvalue weighted by Crippen LogP contribution is -2.48. The van der Waals surface area contributed by atoms with Crippen LogP contribution in [0.1, 0.15) is 44.9 Å². The van der Waals surface area contributed by atoms with Crippen LogP contribution in [0.3, 0.4) is 0 Å². The van der Waals surface area contributed by atoms with Crippen molar-refractivity contribution in [2.24, 2.45) is 0 Å². The van der Waals surface area contributed by atoms with Gasteiger partial charge in [-0.3, -0.25) is 9.59 Å². The summed E-state index contributed by atoms with van der Waals surface area (Å²) in [6.07, 6.45) is 7.67. The summed E-state index contributed by atoms with van der Waals surface area (Å²) < 4.78 is 0. The SMILES string of the molecule is O=C(NCC(=O)N1CCCCC1)C1CCCCCN1. The Hall–Kier alpha value is -1.10. The maximum atomic E-state index is 12.0. The number of amides is 2. The van der Waals surface area contributed by atoms with E-state index in [1.165, 1.54) is 12.8 Å². The molecule has 0 aromatic rings. The van der Waals surface area contributed by atoms with Crippen LogP contribution >= 0.6 is 0 Å². The smallest absolute Gasteiger partial charge is 0.241 e. The Morgan fingerprint density at radius 2 is 1.79 bits per heavy atom. The molecule has 0 aromatic heterocycles. The Labute approximate surface area is 115 Å². The number of nitrogens with zero attached hydrogens (tertiary/aromatic N) is 1. The van der Waals surface area contributed by atoms with Crippen LogP contribution in [0, 0.1) is 0 Å². The quantitative estimate of drug-likeness (QED) is 0.789. The van der Waals surface area contributed by atoms with E-state index in [-0.39, 0.29) is 24.4 Å². The van der Waals surface area contributed by atoms with E-state index in [1.54, 1.807) is 0 Å². The van der Waals surface area contributed by atoms with Gasteiger partial charge in [0, 0.05) is 13.1 Å². The number of carbonyl (C=O) groups is 2. The zero-order valence-corrected chi connectivity index (χ0v) is 11.6. The number of likely N-dealkylation sites (tertiary alicyclic amines) is 1. The minimum Gasteiger partial charge on any atom is -0.346 e. The number of hydrogen-bond acceptors (Lipinski definition) is 3. The Bertz CT molecular complexity index is 306. The van der Waals surface area contributed by atoms with E-state index in [1.807, 2.05) is 4.90 Å². The van der Waals surface area contributed by atoms with Crippen molar-refractivity contribution in [2.45, 2.75) is 51.0 Å². The highest BCUT2D eigenvalue weighted by molar-refractivity contribution is 5.87. The van der Waals surface area contributed by atoms with E-state index in [9.17, 15) is 9.59 Å². The largest absolute Gasteiger partial charge is 0.346 e. The molecular weight excluding hydrogens is 242 g/mol. The van der Waals surface area contributed by atoms with Crippen molar-refractivity contribution in [1.29, 1.82) is 0 Å². The van der Waals surface area contributed by atoms with Gasteiger partial charge in [-0.05, 0) is 38.6 Å². The normalized spacial score (nSPS) is 24.6. The molecule has 0 aliphatic carbocycles. The van der Waals surface area contributed by atoms with Crippen LogP contribution in [-0.2, 0) is 9.59 Å². The van der Waals surface area contributed by atoms with Gasteiger partial charge < -0.3 is 15.5 Å². The van der Waals surface area contributed by atoms with Crippen molar-refractivity contribution in [1.82, 2.24) is 15.5 Å². The van der Waals surface area contributed by atoms with Crippen LogP contribution in [0.15, 0.2) is 0 Å². The molecule has 1 atom stereocenters. The summed E-state index contributed by atoms with van der Waals surface area (Å²) in [7, 11) is 0. The lowest BCUT2D eigenvalue weighted by atomic mass is 10.1. The molecule has 19 heavy (non-hydrogen) atoms. The van der Waals surface area contributed by atoms with Crippen molar-refractivity contribution in [3.8, 4) is 0 Å². The molecule has 0 radical (unpaired) electrons. The maximum Gasteiger partial charge on any atom is 0.241 e. The molecule has 2 aliphatic heterocycles. The zero-order chi connectivity index (χ0) is 13.5. The standard InChI is InChI=1S/C14H25N3O2/c18-13(17-9-5-2-6-10-17)11-16-14(19)12-7-3-1-4-8-15-12/h12,15H,1-11H2,(H,16,19). The Balaban J connectivity index is 1.71. The summed E-state index contributed by atoms with van der Waals surface area (Å²) in [6, 6.07) is -0.114. The monoisotopic (exact) mass is 267 g/mol. The fourth-order valence-electron chi connectivity index (χ4n) is 2.79. The molecule has 2 amide bonds. The predicted molar refractivity (Wildman–Crippen MR) is 73.7 cm³/mol. The van der Waals surface area contributed by atoms with Gasteiger partial charge in [-0.25, -0.2) is 0 Å². The molecular formula is C14H25N3O2. The predicted octanol–water partition coefficient (Wildman–Crippen LogP) is 0.647. The van der Waals surface area contributed by atoms with Gasteiger partial charge in [0.25, 0.3) is 0 Å². The first-order valence-corrected chi connectivity index (χ1v) is 7.56. The lowest BCUT2D eigenvalue weighted by Gasteiger charge is -2.27. The number of nitrogens with one attached hydrogen (secondary N) is 2. The van der Waals surface area contributed by atoms with Crippen LogP contribution in [0.25, 0.3) is 0 Å². The second kappa shape index (κ2) is 7.48. The topological polar surface area (TPSA) is 61.4 Å². The van der Waals surface area contributed by atoms with Crippen LogP contribution < -0.4 is 10.6 Å². The van der Waals surface area contributed by atoms with Gasteiger partial charge in [0.2, 0.25) is 11.8 Å². The molecule has 2 fully saturated rings. The first-order valence-electron chi connectivity index (χ1n) is 7.56. The Morgan fingerprint density at radius 3 is 2.58 bits per heavy atom. The molecule has 0 bridgehead atoms. The van der Waals surface area contributed by atoms with E-state index in [4.69, 9.17) is 0 Å². The third-order valence-corrected chi connectivity index (χ3v) is 4.00. The summed E-state index contributed by atoms with van der Waals surface area (Å²) in [6.45, 7) is 2.74. The summed E-state index contributed by atoms with van der Waals surface area (Å²) in [5.74, 6) is 0.0360. The van der Waals surface area contributed by atoms with Crippen molar-refractivity contribution >= 4 is 11.8 Å². The van der Waals surface area contributed by atoms with E-state index < -0.39 is 0 Å². The molecule has 108 valence electrons. The Morgan fingerprint density at radius 1 is 1.05 bits per heavy atom. The summed E-state index contributed by atoms with van der Waals surface area (Å²) in [4.78, 5) is 25.8. The molecule has 0 spiro atoms. The first-order chi connectivity index (χ1) is 9.27. The minimum absolute atomic E-state index is 0.0211. The molecule has 0 aromatic carbocycles. The first kappa shape index (κ1) is 14.3. The van der Waals surface area contributed by atoms with Crippen molar-refractivity contribution in [3.63, 3.8) is 0 Å². The average molecular weight is 267 g/mol. The number of hydrogen-bond donors (Lipinski definition) is 2. The van der Waals surface area contributed by atoms with Gasteiger partial charge in [0.1, 0.15) is 0 Å². The molecule has 0 saturated carbocycles. The van der Waals surface area contributed by atoms with E-state index >= 15 is 0 Å². The minimum atomic E-state index is -0.114. The van der Waals surface area contributed by atoms with Crippen molar-refractivity contribution in [3.05, 3.63) is 0 Å². The average Bonchev–Trinajstić information content (AvgIpc) is 2.74. The summed E-state index contributed by atoms with van der Waals surface area (Å²) in [5.41, 5.74) is 0. The van der Waals surface area contributed by atoms with Crippen LogP contribution in [0.5, 0.6) is 0 Å². The Kier molecular flexibility index (Phi) is 5.63. The number of rotatable bonds is 3. The molecule has 2 N–H and O–H groups in total. The third kappa shape index (κ3) is 4.49. The van der Waals surface area contributed by atoms with Gasteiger partial charge in [0.15, 0.2) is 0 Å². The molecule has 2 aliphatic rings. The van der Waals surface area contributed by atoms with Gasteiger partial charge in [-0.15, -0.1) is 0 Å². The molecule has 5 nitrogen and oxygen atoms in total. The summed E-state index contributed by atoms with van der Waals surface area (Å²) in [5, 5.41) is 6.03. The third-order valence-electron chi connectivity index (χ3n) is 4.00. The molecule has 2 heterocycles. The van der Waals surface area contributed by atoms with Crippen LogP contribution in [0.2, 0.25) is 0 Å². The molecule has 2 saturated heterocycles. The fourth-order valence-corrected chi connectivity index (χ4v) is 2.79. The van der Waals surface area contributed by atoms with Crippen molar-refractivity contribution in [2.75, 3.05) is 26.2 Å². The zero-order valence-electron chi connectivity index (χ0n) is 11.6. The number of piperidine rings is 1. The second-order valence-electron chi connectivity index (χ2n) is 5.52. The highest BCUT2D eigenvalue weighted by atomic mass is 16.2. The highest BCUT2D eigenvalue weighted by Gasteiger charge is 2.21. The molecule has 5 heteroatoms. The van der Waals surface area contributed by atoms with Gasteiger partial charge in [-0.2, -0.15) is 0 Å². The summed E-state index contributed by atoms with van der Waals surface area (Å²) >= 11 is 0. The maximum absolute atomic E-state index is 12.0. The van der Waals surface area contributed by atoms with Crippen LogP contribution in [0.4, 0.5) is 0 Å². The van der Waals surface area contributed by atoms with E-state index in [0.29, 0.717) is 0 Å². The van der Waals surface area contributed by atoms with E-state index in [2.05, 4.69) is 10.6 Å². The number of carbonyl (C=O) groups excluding carboxylic acids is 2. The lowest BCUT2D eigenvalue weighted by molar-refractivity contribution is -0.134.